The molecular weight excluding hydrogens is 389 g/mol. The molecule has 0 saturated heterocycles. The number of amides is 1. The van der Waals surface area contributed by atoms with E-state index in [4.69, 9.17) is 16.3 Å². The van der Waals surface area contributed by atoms with E-state index in [2.05, 4.69) is 27.9 Å². The molecule has 2 aromatic rings. The third-order valence-electron chi connectivity index (χ3n) is 2.83. The van der Waals surface area contributed by atoms with Gasteiger partial charge in [-0.3, -0.25) is 4.79 Å². The van der Waals surface area contributed by atoms with Gasteiger partial charge in [0.2, 0.25) is 0 Å². The molecule has 0 bridgehead atoms. The molecule has 5 heteroatoms. The van der Waals surface area contributed by atoms with Crippen molar-refractivity contribution in [1.29, 1.82) is 0 Å². The van der Waals surface area contributed by atoms with E-state index in [1.54, 1.807) is 25.3 Å². The van der Waals surface area contributed by atoms with E-state index in [1.165, 1.54) is 0 Å². The van der Waals surface area contributed by atoms with Crippen molar-refractivity contribution in [2.45, 2.75) is 6.92 Å². The van der Waals surface area contributed by atoms with Crippen molar-refractivity contribution in [3.05, 3.63) is 56.1 Å². The highest BCUT2D eigenvalue weighted by Gasteiger charge is 2.09. The average molecular weight is 402 g/mol. The summed E-state index contributed by atoms with van der Waals surface area (Å²) in [4.78, 5) is 12.1. The predicted molar refractivity (Wildman–Crippen MR) is 89.9 cm³/mol. The maximum atomic E-state index is 12.1. The van der Waals surface area contributed by atoms with Gasteiger partial charge in [0.15, 0.2) is 0 Å². The van der Waals surface area contributed by atoms with Crippen molar-refractivity contribution in [3.63, 3.8) is 0 Å². The van der Waals surface area contributed by atoms with E-state index in [-0.39, 0.29) is 5.91 Å². The number of benzene rings is 2. The van der Waals surface area contributed by atoms with Gasteiger partial charge in [0.05, 0.1) is 12.1 Å². The number of carbonyl (C=O) groups is 1. The Hall–Kier alpha value is -1.27. The molecule has 1 N–H and O–H groups in total. The molecule has 3 nitrogen and oxygen atoms in total. The summed E-state index contributed by atoms with van der Waals surface area (Å²) >= 11 is 8.14. The van der Waals surface area contributed by atoms with Crippen LogP contribution < -0.4 is 10.1 Å². The number of rotatable bonds is 3. The highest BCUT2D eigenvalue weighted by molar-refractivity contribution is 14.1. The molecule has 0 aliphatic rings. The number of anilines is 1. The summed E-state index contributed by atoms with van der Waals surface area (Å²) in [5.41, 5.74) is 2.22. The van der Waals surface area contributed by atoms with Crippen LogP contribution in [0.1, 0.15) is 15.9 Å². The van der Waals surface area contributed by atoms with Crippen molar-refractivity contribution in [2.24, 2.45) is 0 Å². The molecule has 0 radical (unpaired) electrons. The van der Waals surface area contributed by atoms with Gasteiger partial charge in [0.25, 0.3) is 5.91 Å². The highest BCUT2D eigenvalue weighted by Crippen LogP contribution is 2.23. The standard InChI is InChI=1S/C15H13ClINO2/c1-9-7-11(4-6-14(9)20-2)18-15(19)10-3-5-13(17)12(16)8-10/h3-8H,1-2H3,(H,18,19). The third kappa shape index (κ3) is 3.43. The summed E-state index contributed by atoms with van der Waals surface area (Å²) in [5, 5.41) is 3.41. The molecule has 0 aromatic heterocycles. The molecule has 2 rings (SSSR count). The molecule has 1 amide bonds. The Morgan fingerprint density at radius 2 is 2.00 bits per heavy atom. The lowest BCUT2D eigenvalue weighted by atomic mass is 10.1. The Bertz CT molecular complexity index is 658. The van der Waals surface area contributed by atoms with Crippen LogP contribution in [0.5, 0.6) is 5.75 Å². The first-order valence-corrected chi connectivity index (χ1v) is 7.38. The molecule has 0 atom stereocenters. The molecule has 0 unspecified atom stereocenters. The fourth-order valence-corrected chi connectivity index (χ4v) is 2.31. The highest BCUT2D eigenvalue weighted by atomic mass is 127. The Morgan fingerprint density at radius 1 is 1.25 bits per heavy atom. The van der Waals surface area contributed by atoms with Gasteiger partial charge in [0.1, 0.15) is 5.75 Å². The van der Waals surface area contributed by atoms with Gasteiger partial charge in [-0.2, -0.15) is 0 Å². The zero-order valence-electron chi connectivity index (χ0n) is 11.0. The van der Waals surface area contributed by atoms with Crippen molar-refractivity contribution in [1.82, 2.24) is 0 Å². The third-order valence-corrected chi connectivity index (χ3v) is 4.41. The maximum absolute atomic E-state index is 12.1. The van der Waals surface area contributed by atoms with Crippen LogP contribution in [0.3, 0.4) is 0 Å². The van der Waals surface area contributed by atoms with Crippen LogP contribution in [0.2, 0.25) is 5.02 Å². The van der Waals surface area contributed by atoms with Gasteiger partial charge >= 0.3 is 0 Å². The smallest absolute Gasteiger partial charge is 0.255 e. The number of hydrogen-bond donors (Lipinski definition) is 1. The summed E-state index contributed by atoms with van der Waals surface area (Å²) in [7, 11) is 1.62. The van der Waals surface area contributed by atoms with E-state index in [0.717, 1.165) is 20.6 Å². The molecule has 0 saturated carbocycles. The van der Waals surface area contributed by atoms with Crippen LogP contribution >= 0.6 is 34.2 Å². The molecule has 0 spiro atoms. The number of hydrogen-bond acceptors (Lipinski definition) is 2. The van der Waals surface area contributed by atoms with Gasteiger partial charge in [0, 0.05) is 14.8 Å². The quantitative estimate of drug-likeness (QED) is 0.768. The van der Waals surface area contributed by atoms with Crippen LogP contribution in [0.4, 0.5) is 5.69 Å². The zero-order valence-corrected chi connectivity index (χ0v) is 13.9. The first kappa shape index (κ1) is 15.1. The summed E-state index contributed by atoms with van der Waals surface area (Å²) in [5.74, 6) is 0.605. The van der Waals surface area contributed by atoms with Crippen LogP contribution in [0.25, 0.3) is 0 Å². The maximum Gasteiger partial charge on any atom is 0.255 e. The monoisotopic (exact) mass is 401 g/mol. The lowest BCUT2D eigenvalue weighted by Gasteiger charge is -2.09. The molecule has 0 fully saturated rings. The van der Waals surface area contributed by atoms with Crippen LogP contribution in [0, 0.1) is 10.5 Å². The second-order valence-corrected chi connectivity index (χ2v) is 5.84. The Balaban J connectivity index is 2.19. The van der Waals surface area contributed by atoms with Crippen LogP contribution in [-0.2, 0) is 0 Å². The molecule has 104 valence electrons. The Morgan fingerprint density at radius 3 is 2.60 bits per heavy atom. The molecule has 0 aliphatic heterocycles. The number of halogens is 2. The summed E-state index contributed by atoms with van der Waals surface area (Å²) in [6.45, 7) is 1.93. The van der Waals surface area contributed by atoms with E-state index < -0.39 is 0 Å². The zero-order chi connectivity index (χ0) is 14.7. The number of methoxy groups -OCH3 is 1. The molecule has 0 heterocycles. The van der Waals surface area contributed by atoms with Gasteiger partial charge in [-0.15, -0.1) is 0 Å². The second kappa shape index (κ2) is 6.45. The molecule has 20 heavy (non-hydrogen) atoms. The summed E-state index contributed by atoms with van der Waals surface area (Å²) in [6.07, 6.45) is 0. The van der Waals surface area contributed by atoms with Crippen molar-refractivity contribution in [3.8, 4) is 5.75 Å². The topological polar surface area (TPSA) is 38.3 Å². The van der Waals surface area contributed by atoms with E-state index in [0.29, 0.717) is 10.6 Å². The Kier molecular flexibility index (Phi) is 4.88. The van der Waals surface area contributed by atoms with Crippen molar-refractivity contribution in [2.75, 3.05) is 12.4 Å². The van der Waals surface area contributed by atoms with Gasteiger partial charge < -0.3 is 10.1 Å². The summed E-state index contributed by atoms with van der Waals surface area (Å²) < 4.78 is 6.11. The minimum Gasteiger partial charge on any atom is -0.496 e. The fourth-order valence-electron chi connectivity index (χ4n) is 1.80. The molecular formula is C15H13ClINO2. The van der Waals surface area contributed by atoms with Crippen molar-refractivity contribution >= 4 is 45.8 Å². The number of carbonyl (C=O) groups excluding carboxylic acids is 1. The normalized spacial score (nSPS) is 10.2. The van der Waals surface area contributed by atoms with E-state index in [1.807, 2.05) is 25.1 Å². The number of ether oxygens (including phenoxy) is 1. The first-order chi connectivity index (χ1) is 9.51. The Labute approximate surface area is 136 Å². The van der Waals surface area contributed by atoms with Crippen molar-refractivity contribution < 1.29 is 9.53 Å². The molecule has 2 aromatic carbocycles. The van der Waals surface area contributed by atoms with Gasteiger partial charge in [-0.05, 0) is 71.5 Å². The fraction of sp³-hybridized carbons (Fsp3) is 0.133. The number of aryl methyl sites for hydroxylation is 1. The minimum atomic E-state index is -0.187. The predicted octanol–water partition coefficient (Wildman–Crippen LogP) is 4.51. The van der Waals surface area contributed by atoms with Crippen LogP contribution in [0.15, 0.2) is 36.4 Å². The lowest BCUT2D eigenvalue weighted by Crippen LogP contribution is -2.12. The van der Waals surface area contributed by atoms with E-state index in [9.17, 15) is 4.79 Å². The second-order valence-electron chi connectivity index (χ2n) is 4.27. The van der Waals surface area contributed by atoms with E-state index >= 15 is 0 Å². The van der Waals surface area contributed by atoms with Gasteiger partial charge in [-0.1, -0.05) is 11.6 Å². The molecule has 0 aliphatic carbocycles. The first-order valence-electron chi connectivity index (χ1n) is 5.92. The average Bonchev–Trinajstić information content (AvgIpc) is 2.42. The van der Waals surface area contributed by atoms with Crippen LogP contribution in [-0.4, -0.2) is 13.0 Å². The SMILES string of the molecule is COc1ccc(NC(=O)c2ccc(I)c(Cl)c2)cc1C. The summed E-state index contributed by atoms with van der Waals surface area (Å²) in [6, 6.07) is 10.7. The largest absolute Gasteiger partial charge is 0.496 e. The minimum absolute atomic E-state index is 0.187. The lowest BCUT2D eigenvalue weighted by molar-refractivity contribution is 0.102. The number of nitrogens with one attached hydrogen (secondary N) is 1. The van der Waals surface area contributed by atoms with Gasteiger partial charge in [-0.25, -0.2) is 0 Å².